The maximum atomic E-state index is 13.6. The molecule has 3 N–H and O–H groups in total. The second-order valence-corrected chi connectivity index (χ2v) is 4.09. The van der Waals surface area contributed by atoms with E-state index >= 15 is 0 Å². The summed E-state index contributed by atoms with van der Waals surface area (Å²) in [6, 6.07) is 1.11. The number of phenols is 1. The van der Waals surface area contributed by atoms with Crippen LogP contribution in [0.1, 0.15) is 18.4 Å². The molecule has 0 radical (unpaired) electrons. The maximum Gasteiger partial charge on any atom is 0.209 e. The zero-order valence-electron chi connectivity index (χ0n) is 8.89. The van der Waals surface area contributed by atoms with Crippen molar-refractivity contribution in [2.75, 3.05) is 13.7 Å². The standard InChI is InChI=1S/C11H13F2NO2/c1-16-10-6(11(5-14)2-3-11)4-7(12)9(15)8(10)13/h4,15H,2-3,5,14H2,1H3. The Hall–Kier alpha value is -1.36. The van der Waals surface area contributed by atoms with Gasteiger partial charge in [0.15, 0.2) is 17.3 Å². The molecule has 0 aliphatic heterocycles. The molecule has 1 aromatic carbocycles. The van der Waals surface area contributed by atoms with Crippen molar-refractivity contribution < 1.29 is 18.6 Å². The number of phenolic OH excluding ortho intramolecular Hbond substituents is 1. The van der Waals surface area contributed by atoms with E-state index in [-0.39, 0.29) is 11.2 Å². The van der Waals surface area contributed by atoms with Crippen molar-refractivity contribution >= 4 is 0 Å². The fourth-order valence-corrected chi connectivity index (χ4v) is 1.92. The molecule has 5 heteroatoms. The van der Waals surface area contributed by atoms with Gasteiger partial charge >= 0.3 is 0 Å². The first-order valence-electron chi connectivity index (χ1n) is 5.01. The van der Waals surface area contributed by atoms with Gasteiger partial charge in [0, 0.05) is 17.5 Å². The van der Waals surface area contributed by atoms with Crippen LogP contribution in [0.15, 0.2) is 6.07 Å². The first-order valence-corrected chi connectivity index (χ1v) is 5.01. The number of hydrogen-bond donors (Lipinski definition) is 2. The van der Waals surface area contributed by atoms with E-state index in [9.17, 15) is 8.78 Å². The van der Waals surface area contributed by atoms with Crippen molar-refractivity contribution in [2.45, 2.75) is 18.3 Å². The third kappa shape index (κ3) is 1.43. The number of halogens is 2. The topological polar surface area (TPSA) is 55.5 Å². The highest BCUT2D eigenvalue weighted by Gasteiger charge is 2.46. The molecule has 0 atom stereocenters. The Bertz CT molecular complexity index is 430. The normalized spacial score (nSPS) is 17.2. The van der Waals surface area contributed by atoms with Crippen LogP contribution in [-0.2, 0) is 5.41 Å². The minimum Gasteiger partial charge on any atom is -0.503 e. The Morgan fingerprint density at radius 3 is 2.56 bits per heavy atom. The number of rotatable bonds is 3. The lowest BCUT2D eigenvalue weighted by atomic mass is 9.94. The minimum absolute atomic E-state index is 0.109. The second kappa shape index (κ2) is 3.59. The molecule has 0 heterocycles. The van der Waals surface area contributed by atoms with Gasteiger partial charge in [-0.2, -0.15) is 4.39 Å². The van der Waals surface area contributed by atoms with E-state index in [4.69, 9.17) is 15.6 Å². The predicted molar refractivity (Wildman–Crippen MR) is 54.5 cm³/mol. The van der Waals surface area contributed by atoms with Crippen LogP contribution in [0.5, 0.6) is 11.5 Å². The number of nitrogens with two attached hydrogens (primary N) is 1. The lowest BCUT2D eigenvalue weighted by Crippen LogP contribution is -2.21. The molecule has 16 heavy (non-hydrogen) atoms. The van der Waals surface area contributed by atoms with Gasteiger partial charge in [0.25, 0.3) is 0 Å². The number of methoxy groups -OCH3 is 1. The van der Waals surface area contributed by atoms with Gasteiger partial charge in [0.1, 0.15) is 0 Å². The number of benzene rings is 1. The molecule has 1 aliphatic rings. The zero-order valence-corrected chi connectivity index (χ0v) is 8.89. The van der Waals surface area contributed by atoms with Gasteiger partial charge in [-0.15, -0.1) is 0 Å². The van der Waals surface area contributed by atoms with Crippen LogP contribution >= 0.6 is 0 Å². The highest BCUT2D eigenvalue weighted by atomic mass is 19.1. The monoisotopic (exact) mass is 229 g/mol. The molecule has 3 nitrogen and oxygen atoms in total. The van der Waals surface area contributed by atoms with Crippen LogP contribution < -0.4 is 10.5 Å². The Kier molecular flexibility index (Phi) is 2.50. The number of hydrogen-bond acceptors (Lipinski definition) is 3. The summed E-state index contributed by atoms with van der Waals surface area (Å²) >= 11 is 0. The number of ether oxygens (including phenoxy) is 1. The summed E-state index contributed by atoms with van der Waals surface area (Å²) in [6.07, 6.45) is 1.56. The highest BCUT2D eigenvalue weighted by molar-refractivity contribution is 5.49. The van der Waals surface area contributed by atoms with Crippen LogP contribution in [0.25, 0.3) is 0 Å². The molecule has 0 aromatic heterocycles. The van der Waals surface area contributed by atoms with Crippen LogP contribution in [0.3, 0.4) is 0 Å². The molecule has 1 fully saturated rings. The molecule has 0 unspecified atom stereocenters. The maximum absolute atomic E-state index is 13.6. The van der Waals surface area contributed by atoms with E-state index in [1.54, 1.807) is 0 Å². The fraction of sp³-hybridized carbons (Fsp3) is 0.455. The average Bonchev–Trinajstić information content (AvgIpc) is 3.06. The fourth-order valence-electron chi connectivity index (χ4n) is 1.92. The SMILES string of the molecule is COc1c(C2(CN)CC2)cc(F)c(O)c1F. The lowest BCUT2D eigenvalue weighted by molar-refractivity contribution is 0.342. The van der Waals surface area contributed by atoms with Gasteiger partial charge < -0.3 is 15.6 Å². The smallest absolute Gasteiger partial charge is 0.209 e. The predicted octanol–water partition coefficient (Wildman–Crippen LogP) is 1.67. The summed E-state index contributed by atoms with van der Waals surface area (Å²) in [4.78, 5) is 0. The van der Waals surface area contributed by atoms with Crippen molar-refractivity contribution in [3.8, 4) is 11.5 Å². The Balaban J connectivity index is 2.61. The Labute approximate surface area is 91.8 Å². The minimum atomic E-state index is -1.06. The van der Waals surface area contributed by atoms with Crippen molar-refractivity contribution in [2.24, 2.45) is 5.73 Å². The third-order valence-corrected chi connectivity index (χ3v) is 3.17. The zero-order chi connectivity index (χ0) is 11.9. The van der Waals surface area contributed by atoms with Crippen molar-refractivity contribution in [1.82, 2.24) is 0 Å². The Morgan fingerprint density at radius 1 is 1.50 bits per heavy atom. The van der Waals surface area contributed by atoms with Crippen molar-refractivity contribution in [1.29, 1.82) is 0 Å². The lowest BCUT2D eigenvalue weighted by Gasteiger charge is -2.18. The summed E-state index contributed by atoms with van der Waals surface area (Å²) in [5.74, 6) is -3.15. The van der Waals surface area contributed by atoms with Crippen LogP contribution in [0.4, 0.5) is 8.78 Å². The highest BCUT2D eigenvalue weighted by Crippen LogP contribution is 2.52. The van der Waals surface area contributed by atoms with E-state index in [1.165, 1.54) is 7.11 Å². The van der Waals surface area contributed by atoms with E-state index in [0.29, 0.717) is 12.1 Å². The molecule has 1 saturated carbocycles. The molecule has 1 aromatic rings. The van der Waals surface area contributed by atoms with Crippen LogP contribution in [0.2, 0.25) is 0 Å². The van der Waals surface area contributed by atoms with Gasteiger partial charge in [-0.1, -0.05) is 0 Å². The average molecular weight is 229 g/mol. The molecule has 0 bridgehead atoms. The van der Waals surface area contributed by atoms with Crippen LogP contribution in [-0.4, -0.2) is 18.8 Å². The summed E-state index contributed by atoms with van der Waals surface area (Å²) in [5.41, 5.74) is 5.62. The van der Waals surface area contributed by atoms with E-state index in [1.807, 2.05) is 0 Å². The summed E-state index contributed by atoms with van der Waals surface area (Å²) in [7, 11) is 1.28. The molecule has 0 spiro atoms. The molecular weight excluding hydrogens is 216 g/mol. The van der Waals surface area contributed by atoms with E-state index in [2.05, 4.69) is 0 Å². The summed E-state index contributed by atoms with van der Waals surface area (Å²) in [6.45, 7) is 0.313. The largest absolute Gasteiger partial charge is 0.503 e. The van der Waals surface area contributed by atoms with E-state index in [0.717, 1.165) is 18.9 Å². The third-order valence-electron chi connectivity index (χ3n) is 3.17. The Morgan fingerprint density at radius 2 is 2.12 bits per heavy atom. The van der Waals surface area contributed by atoms with Crippen LogP contribution in [0, 0.1) is 11.6 Å². The molecule has 0 amide bonds. The summed E-state index contributed by atoms with van der Waals surface area (Å²) in [5, 5.41) is 9.14. The molecule has 2 rings (SSSR count). The van der Waals surface area contributed by atoms with Gasteiger partial charge in [-0.3, -0.25) is 0 Å². The van der Waals surface area contributed by atoms with Gasteiger partial charge in [-0.25, -0.2) is 4.39 Å². The van der Waals surface area contributed by atoms with Gasteiger partial charge in [-0.05, 0) is 18.9 Å². The van der Waals surface area contributed by atoms with E-state index < -0.39 is 17.4 Å². The first-order chi connectivity index (χ1) is 7.55. The van der Waals surface area contributed by atoms with Gasteiger partial charge in [0.2, 0.25) is 5.82 Å². The second-order valence-electron chi connectivity index (χ2n) is 4.09. The first kappa shape index (κ1) is 11.1. The van der Waals surface area contributed by atoms with Gasteiger partial charge in [0.05, 0.1) is 7.11 Å². The quantitative estimate of drug-likeness (QED) is 0.828. The number of aromatic hydroxyl groups is 1. The van der Waals surface area contributed by atoms with Crippen molar-refractivity contribution in [3.63, 3.8) is 0 Å². The molecule has 88 valence electrons. The molecule has 0 saturated heterocycles. The molecular formula is C11H13F2NO2. The molecule has 1 aliphatic carbocycles. The summed E-state index contributed by atoms with van der Waals surface area (Å²) < 4.78 is 31.7. The van der Waals surface area contributed by atoms with Crippen molar-refractivity contribution in [3.05, 3.63) is 23.3 Å².